The number of hydrogen-bond donors (Lipinski definition) is 1. The van der Waals surface area contributed by atoms with Gasteiger partial charge in [-0.3, -0.25) is 0 Å². The lowest BCUT2D eigenvalue weighted by atomic mass is 9.80. The first-order valence-electron chi connectivity index (χ1n) is 10.4. The summed E-state index contributed by atoms with van der Waals surface area (Å²) in [6, 6.07) is 13.8. The van der Waals surface area contributed by atoms with Crippen LogP contribution in [-0.2, 0) is 24.3 Å². The molecule has 3 unspecified atom stereocenters. The molecule has 4 heteroatoms. The predicted octanol–water partition coefficient (Wildman–Crippen LogP) is 5.12. The van der Waals surface area contributed by atoms with E-state index < -0.39 is 0 Å². The van der Waals surface area contributed by atoms with E-state index >= 15 is 0 Å². The van der Waals surface area contributed by atoms with Crippen molar-refractivity contribution >= 4 is 5.71 Å². The maximum absolute atomic E-state index is 13.0. The third kappa shape index (κ3) is 4.44. The van der Waals surface area contributed by atoms with E-state index in [1.807, 2.05) is 0 Å². The molecule has 3 nitrogen and oxygen atoms in total. The van der Waals surface area contributed by atoms with Gasteiger partial charge in [-0.15, -0.1) is 0 Å². The Morgan fingerprint density at radius 1 is 1.11 bits per heavy atom. The molecule has 3 atom stereocenters. The smallest absolute Gasteiger partial charge is 0.142 e. The van der Waals surface area contributed by atoms with Gasteiger partial charge in [0.1, 0.15) is 12.4 Å². The standard InChI is InChI=1S/C24H29FN2O/c1-16(27-28-15-17-2-9-23(25)10-3-17)18-4-5-20-13-21(7-6-19(20)12-18)22-8-11-24(26)14-22/h2-3,6-7,9-10,13,18,22,24H,4-5,8,11-12,14-15,26H2,1H3/b27-16+. The van der Waals surface area contributed by atoms with Crippen LogP contribution in [0.15, 0.2) is 47.6 Å². The van der Waals surface area contributed by atoms with Gasteiger partial charge in [0, 0.05) is 12.0 Å². The van der Waals surface area contributed by atoms with Gasteiger partial charge < -0.3 is 10.6 Å². The topological polar surface area (TPSA) is 47.6 Å². The molecule has 1 saturated carbocycles. The molecule has 0 aliphatic heterocycles. The molecule has 1 fully saturated rings. The summed E-state index contributed by atoms with van der Waals surface area (Å²) in [5.41, 5.74) is 12.5. The Kier molecular flexibility index (Phi) is 5.77. The van der Waals surface area contributed by atoms with E-state index in [0.717, 1.165) is 43.4 Å². The van der Waals surface area contributed by atoms with Crippen molar-refractivity contribution < 1.29 is 9.23 Å². The van der Waals surface area contributed by atoms with Gasteiger partial charge in [-0.2, -0.15) is 0 Å². The van der Waals surface area contributed by atoms with Gasteiger partial charge in [-0.25, -0.2) is 4.39 Å². The molecule has 28 heavy (non-hydrogen) atoms. The van der Waals surface area contributed by atoms with Crippen molar-refractivity contribution in [2.45, 2.75) is 64.0 Å². The number of oxime groups is 1. The molecule has 2 aromatic rings. The molecule has 2 aliphatic carbocycles. The highest BCUT2D eigenvalue weighted by Gasteiger charge is 2.26. The van der Waals surface area contributed by atoms with Crippen molar-refractivity contribution in [2.75, 3.05) is 0 Å². The number of nitrogens with zero attached hydrogens (tertiary/aromatic N) is 1. The zero-order valence-corrected chi connectivity index (χ0v) is 16.5. The Bertz CT molecular complexity index is 846. The third-order valence-corrected chi connectivity index (χ3v) is 6.35. The number of halogens is 1. The number of hydrogen-bond acceptors (Lipinski definition) is 3. The van der Waals surface area contributed by atoms with Crippen LogP contribution in [-0.4, -0.2) is 11.8 Å². The van der Waals surface area contributed by atoms with Gasteiger partial charge >= 0.3 is 0 Å². The van der Waals surface area contributed by atoms with Crippen LogP contribution in [0.4, 0.5) is 4.39 Å². The Morgan fingerprint density at radius 3 is 2.68 bits per heavy atom. The second-order valence-corrected chi connectivity index (χ2v) is 8.37. The molecule has 148 valence electrons. The normalized spacial score (nSPS) is 24.8. The fourth-order valence-electron chi connectivity index (χ4n) is 4.57. The molecule has 0 spiro atoms. The van der Waals surface area contributed by atoms with E-state index in [9.17, 15) is 4.39 Å². The lowest BCUT2D eigenvalue weighted by Gasteiger charge is -2.25. The van der Waals surface area contributed by atoms with E-state index in [4.69, 9.17) is 10.6 Å². The number of aryl methyl sites for hydroxylation is 1. The average molecular weight is 381 g/mol. The first-order valence-corrected chi connectivity index (χ1v) is 10.4. The summed E-state index contributed by atoms with van der Waals surface area (Å²) in [5, 5.41) is 4.34. The van der Waals surface area contributed by atoms with Crippen LogP contribution in [0.1, 0.15) is 60.8 Å². The minimum absolute atomic E-state index is 0.233. The van der Waals surface area contributed by atoms with Gasteiger partial charge in [0.05, 0.1) is 5.71 Å². The molecule has 4 rings (SSSR count). The van der Waals surface area contributed by atoms with E-state index in [2.05, 4.69) is 30.3 Å². The van der Waals surface area contributed by atoms with Gasteiger partial charge in [0.2, 0.25) is 0 Å². The molecule has 0 bridgehead atoms. The summed E-state index contributed by atoms with van der Waals surface area (Å²) >= 11 is 0. The maximum Gasteiger partial charge on any atom is 0.142 e. The zero-order chi connectivity index (χ0) is 19.5. The van der Waals surface area contributed by atoms with Crippen molar-refractivity contribution in [1.82, 2.24) is 0 Å². The van der Waals surface area contributed by atoms with Gasteiger partial charge in [0.15, 0.2) is 0 Å². The van der Waals surface area contributed by atoms with Crippen molar-refractivity contribution in [2.24, 2.45) is 16.8 Å². The Balaban J connectivity index is 1.35. The van der Waals surface area contributed by atoms with E-state index in [1.54, 1.807) is 12.1 Å². The fourth-order valence-corrected chi connectivity index (χ4v) is 4.57. The molecule has 0 saturated heterocycles. The SMILES string of the molecule is C/C(=N\OCc1ccc(F)cc1)C1CCc2cc(C3CCC(N)C3)ccc2C1. The lowest BCUT2D eigenvalue weighted by Crippen LogP contribution is -2.21. The number of nitrogens with two attached hydrogens (primary N) is 1. The summed E-state index contributed by atoms with van der Waals surface area (Å²) in [6.07, 6.45) is 6.72. The van der Waals surface area contributed by atoms with Gasteiger partial charge in [-0.1, -0.05) is 35.5 Å². The first-order chi connectivity index (χ1) is 13.6. The van der Waals surface area contributed by atoms with Crippen molar-refractivity contribution in [3.63, 3.8) is 0 Å². The molecule has 2 N–H and O–H groups in total. The average Bonchev–Trinajstić information content (AvgIpc) is 3.15. The molecule has 2 aliphatic rings. The van der Waals surface area contributed by atoms with Crippen molar-refractivity contribution in [1.29, 1.82) is 0 Å². The third-order valence-electron chi connectivity index (χ3n) is 6.35. The predicted molar refractivity (Wildman–Crippen MR) is 111 cm³/mol. The molecular weight excluding hydrogens is 351 g/mol. The van der Waals surface area contributed by atoms with Crippen molar-refractivity contribution in [3.05, 3.63) is 70.5 Å². The van der Waals surface area contributed by atoms with E-state index in [1.165, 1.54) is 35.2 Å². The van der Waals surface area contributed by atoms with Crippen LogP contribution in [0.2, 0.25) is 0 Å². The van der Waals surface area contributed by atoms with E-state index in [0.29, 0.717) is 24.5 Å². The summed E-state index contributed by atoms with van der Waals surface area (Å²) < 4.78 is 13.0. The summed E-state index contributed by atoms with van der Waals surface area (Å²) in [5.74, 6) is 0.830. The molecular formula is C24H29FN2O. The minimum Gasteiger partial charge on any atom is -0.391 e. The van der Waals surface area contributed by atoms with Crippen LogP contribution < -0.4 is 5.73 Å². The summed E-state index contributed by atoms with van der Waals surface area (Å²) in [6.45, 7) is 2.42. The highest BCUT2D eigenvalue weighted by atomic mass is 19.1. The van der Waals surface area contributed by atoms with Crippen LogP contribution in [0, 0.1) is 11.7 Å². The molecule has 0 amide bonds. The second-order valence-electron chi connectivity index (χ2n) is 8.37. The minimum atomic E-state index is -0.233. The van der Waals surface area contributed by atoms with Crippen LogP contribution >= 0.6 is 0 Å². The first kappa shape index (κ1) is 19.1. The van der Waals surface area contributed by atoms with Crippen molar-refractivity contribution in [3.8, 4) is 0 Å². The Labute approximate surface area is 166 Å². The molecule has 0 heterocycles. The number of benzene rings is 2. The highest BCUT2D eigenvalue weighted by Crippen LogP contribution is 2.36. The molecule has 0 radical (unpaired) electrons. The fraction of sp³-hybridized carbons (Fsp3) is 0.458. The lowest BCUT2D eigenvalue weighted by molar-refractivity contribution is 0.128. The van der Waals surface area contributed by atoms with E-state index in [-0.39, 0.29) is 5.82 Å². The summed E-state index contributed by atoms with van der Waals surface area (Å²) in [4.78, 5) is 5.51. The Hall–Kier alpha value is -2.20. The quantitative estimate of drug-likeness (QED) is 0.578. The zero-order valence-electron chi connectivity index (χ0n) is 16.5. The number of fused-ring (bicyclic) bond motifs is 1. The van der Waals surface area contributed by atoms with Gasteiger partial charge in [-0.05, 0) is 85.8 Å². The largest absolute Gasteiger partial charge is 0.391 e. The van der Waals surface area contributed by atoms with Crippen LogP contribution in [0.3, 0.4) is 0 Å². The monoisotopic (exact) mass is 380 g/mol. The maximum atomic E-state index is 13.0. The molecule has 0 aromatic heterocycles. The number of rotatable bonds is 5. The second kappa shape index (κ2) is 8.44. The van der Waals surface area contributed by atoms with Crippen LogP contribution in [0.25, 0.3) is 0 Å². The van der Waals surface area contributed by atoms with Crippen LogP contribution in [0.5, 0.6) is 0 Å². The Morgan fingerprint density at radius 2 is 1.93 bits per heavy atom. The molecule has 2 aromatic carbocycles. The summed E-state index contributed by atoms with van der Waals surface area (Å²) in [7, 11) is 0. The van der Waals surface area contributed by atoms with Gasteiger partial charge in [0.25, 0.3) is 0 Å². The highest BCUT2D eigenvalue weighted by molar-refractivity contribution is 5.84.